The van der Waals surface area contributed by atoms with Crippen LogP contribution in [0.15, 0.2) is 34.9 Å². The van der Waals surface area contributed by atoms with Gasteiger partial charge < -0.3 is 5.11 Å². The minimum Gasteiger partial charge on any atom is -0.481 e. The fourth-order valence-electron chi connectivity index (χ4n) is 5.03. The molecule has 0 spiro atoms. The molecule has 0 amide bonds. The molecule has 0 aliphatic heterocycles. The molecule has 3 aliphatic carbocycles. The minimum absolute atomic E-state index is 0.222. The van der Waals surface area contributed by atoms with E-state index >= 15 is 0 Å². The van der Waals surface area contributed by atoms with E-state index in [1.807, 2.05) is 0 Å². The Balaban J connectivity index is 0.000000541. The average molecular weight is 573 g/mol. The van der Waals surface area contributed by atoms with Crippen molar-refractivity contribution in [2.45, 2.75) is 167 Å². The van der Waals surface area contributed by atoms with Crippen LogP contribution in [0.5, 0.6) is 0 Å². The van der Waals surface area contributed by atoms with Crippen LogP contribution in [0.4, 0.5) is 0 Å². The lowest BCUT2D eigenvalue weighted by atomic mass is 10.0. The molecule has 3 rings (SSSR count). The van der Waals surface area contributed by atoms with Crippen LogP contribution in [-0.4, -0.2) is 29.9 Å². The van der Waals surface area contributed by atoms with Gasteiger partial charge in [0.1, 0.15) is 18.9 Å². The smallest absolute Gasteiger partial charge is 0.303 e. The number of hydrogen-bond acceptors (Lipinski definition) is 4. The summed E-state index contributed by atoms with van der Waals surface area (Å²) >= 11 is 0. The molecule has 0 bridgehead atoms. The number of allylic oxidation sites excluding steroid dienone is 6. The number of carboxylic acid groups (broad SMARTS) is 1. The van der Waals surface area contributed by atoms with Crippen molar-refractivity contribution < 1.29 is 24.3 Å². The predicted octanol–water partition coefficient (Wildman–Crippen LogP) is 10.2. The Morgan fingerprint density at radius 3 is 0.951 bits per heavy atom. The monoisotopic (exact) mass is 572 g/mol. The maximum absolute atomic E-state index is 10.6. The molecule has 0 atom stereocenters. The van der Waals surface area contributed by atoms with Crippen molar-refractivity contribution in [3.05, 3.63) is 34.9 Å². The van der Waals surface area contributed by atoms with Crippen molar-refractivity contribution in [2.24, 2.45) is 0 Å². The summed E-state index contributed by atoms with van der Waals surface area (Å²) in [7, 11) is 0. The molecular weight excluding hydrogens is 512 g/mol. The lowest BCUT2D eigenvalue weighted by Gasteiger charge is -2.05. The number of aldehydes is 3. The van der Waals surface area contributed by atoms with E-state index in [-0.39, 0.29) is 6.42 Å². The van der Waals surface area contributed by atoms with Crippen molar-refractivity contribution in [1.29, 1.82) is 0 Å². The van der Waals surface area contributed by atoms with Crippen LogP contribution in [0.1, 0.15) is 167 Å². The van der Waals surface area contributed by atoms with Crippen molar-refractivity contribution in [3.8, 4) is 0 Å². The molecule has 0 saturated heterocycles. The first-order valence-electron chi connectivity index (χ1n) is 16.7. The maximum Gasteiger partial charge on any atom is 0.303 e. The SMILES string of the molecule is CCC(=O)O.O=CC1=CCCCCCCCC1.O=CC1=CCCCCCCCC1.O=CC1=CCCCCCCCC1. The fraction of sp³-hybridized carbons (Fsp3) is 0.722. The zero-order valence-electron chi connectivity index (χ0n) is 26.2. The molecule has 5 heteroatoms. The Morgan fingerprint density at radius 2 is 0.732 bits per heavy atom. The van der Waals surface area contributed by atoms with E-state index in [2.05, 4.69) is 18.2 Å². The molecule has 0 heterocycles. The van der Waals surface area contributed by atoms with Crippen LogP contribution in [0.25, 0.3) is 0 Å². The molecule has 234 valence electrons. The summed E-state index contributed by atoms with van der Waals surface area (Å²) in [6, 6.07) is 0. The van der Waals surface area contributed by atoms with E-state index in [4.69, 9.17) is 5.11 Å². The van der Waals surface area contributed by atoms with Crippen molar-refractivity contribution in [2.75, 3.05) is 0 Å². The third kappa shape index (κ3) is 27.6. The Bertz CT molecular complexity index is 672. The molecule has 0 aromatic carbocycles. The van der Waals surface area contributed by atoms with Crippen molar-refractivity contribution in [3.63, 3.8) is 0 Å². The molecule has 5 nitrogen and oxygen atoms in total. The van der Waals surface area contributed by atoms with E-state index in [9.17, 15) is 19.2 Å². The second-order valence-electron chi connectivity index (χ2n) is 11.4. The lowest BCUT2D eigenvalue weighted by Crippen LogP contribution is -1.89. The maximum atomic E-state index is 10.6. The van der Waals surface area contributed by atoms with Gasteiger partial charge in [0.25, 0.3) is 0 Å². The van der Waals surface area contributed by atoms with Gasteiger partial charge in [0.2, 0.25) is 0 Å². The van der Waals surface area contributed by atoms with Crippen LogP contribution < -0.4 is 0 Å². The first-order chi connectivity index (χ1) is 20.1. The van der Waals surface area contributed by atoms with Crippen LogP contribution in [-0.2, 0) is 19.2 Å². The highest BCUT2D eigenvalue weighted by Gasteiger charge is 2.01. The third-order valence-electron chi connectivity index (χ3n) is 7.73. The molecule has 0 aromatic rings. The number of carbonyl (C=O) groups is 4. The quantitative estimate of drug-likeness (QED) is 0.339. The molecule has 0 aromatic heterocycles. The molecule has 1 N–H and O–H groups in total. The first-order valence-corrected chi connectivity index (χ1v) is 16.7. The van der Waals surface area contributed by atoms with Crippen LogP contribution in [0, 0.1) is 0 Å². The van der Waals surface area contributed by atoms with E-state index in [0.717, 1.165) is 74.1 Å². The summed E-state index contributed by atoms with van der Waals surface area (Å²) in [6.07, 6.45) is 39.5. The Morgan fingerprint density at radius 1 is 0.512 bits per heavy atom. The van der Waals surface area contributed by atoms with Gasteiger partial charge in [-0.3, -0.25) is 19.2 Å². The Kier molecular flexibility index (Phi) is 28.9. The normalized spacial score (nSPS) is 19.5. The zero-order chi connectivity index (χ0) is 30.2. The van der Waals surface area contributed by atoms with Crippen molar-refractivity contribution >= 4 is 24.8 Å². The van der Waals surface area contributed by atoms with Crippen LogP contribution in [0.2, 0.25) is 0 Å². The molecular formula is C36H60O5. The first kappa shape index (κ1) is 38.7. The molecule has 0 unspecified atom stereocenters. The van der Waals surface area contributed by atoms with Crippen LogP contribution >= 0.6 is 0 Å². The molecule has 0 radical (unpaired) electrons. The van der Waals surface area contributed by atoms with Gasteiger partial charge in [-0.25, -0.2) is 0 Å². The molecule has 41 heavy (non-hydrogen) atoms. The number of carboxylic acids is 1. The second kappa shape index (κ2) is 30.7. The predicted molar refractivity (Wildman–Crippen MR) is 171 cm³/mol. The lowest BCUT2D eigenvalue weighted by molar-refractivity contribution is -0.136. The van der Waals surface area contributed by atoms with Gasteiger partial charge in [-0.15, -0.1) is 0 Å². The van der Waals surface area contributed by atoms with E-state index in [1.54, 1.807) is 6.92 Å². The Labute approximate surface area is 251 Å². The summed E-state index contributed by atoms with van der Waals surface area (Å²) in [5.74, 6) is -0.745. The highest BCUT2D eigenvalue weighted by atomic mass is 16.4. The van der Waals surface area contributed by atoms with Gasteiger partial charge in [0.05, 0.1) is 0 Å². The fourth-order valence-corrected chi connectivity index (χ4v) is 5.03. The summed E-state index contributed by atoms with van der Waals surface area (Å²) in [5.41, 5.74) is 3.07. The molecule has 0 saturated carbocycles. The number of carbonyl (C=O) groups excluding carboxylic acids is 3. The third-order valence-corrected chi connectivity index (χ3v) is 7.73. The van der Waals surface area contributed by atoms with E-state index in [0.29, 0.717) is 0 Å². The highest BCUT2D eigenvalue weighted by Crippen LogP contribution is 2.17. The van der Waals surface area contributed by atoms with Crippen LogP contribution in [0.3, 0.4) is 0 Å². The van der Waals surface area contributed by atoms with Gasteiger partial charge in [0.15, 0.2) is 0 Å². The van der Waals surface area contributed by atoms with Gasteiger partial charge in [0, 0.05) is 6.42 Å². The van der Waals surface area contributed by atoms with Gasteiger partial charge in [-0.05, 0) is 93.8 Å². The van der Waals surface area contributed by atoms with Gasteiger partial charge in [-0.1, -0.05) is 102 Å². The number of rotatable bonds is 4. The van der Waals surface area contributed by atoms with Gasteiger partial charge in [-0.2, -0.15) is 0 Å². The topological polar surface area (TPSA) is 88.5 Å². The Hall–Kier alpha value is -2.30. The zero-order valence-corrected chi connectivity index (χ0v) is 26.2. The van der Waals surface area contributed by atoms with Crippen molar-refractivity contribution in [1.82, 2.24) is 0 Å². The molecule has 0 fully saturated rings. The summed E-state index contributed by atoms with van der Waals surface area (Å²) in [5, 5.41) is 7.72. The summed E-state index contributed by atoms with van der Waals surface area (Å²) in [6.45, 7) is 1.60. The minimum atomic E-state index is -0.745. The van der Waals surface area contributed by atoms with E-state index < -0.39 is 5.97 Å². The average Bonchev–Trinajstić information content (AvgIpc) is 3.01. The summed E-state index contributed by atoms with van der Waals surface area (Å²) in [4.78, 5) is 41.0. The largest absolute Gasteiger partial charge is 0.481 e. The number of hydrogen-bond donors (Lipinski definition) is 1. The highest BCUT2D eigenvalue weighted by molar-refractivity contribution is 5.73. The van der Waals surface area contributed by atoms with Gasteiger partial charge >= 0.3 is 5.97 Å². The second-order valence-corrected chi connectivity index (χ2v) is 11.4. The van der Waals surface area contributed by atoms with E-state index in [1.165, 1.54) is 116 Å². The standard InChI is InChI=1S/3C11H18O.C3H6O2/c3*12-10-11-8-6-4-2-1-3-5-7-9-11;1-2-3(4)5/h3*8,10H,1-7,9H2;2H2,1H3,(H,4,5). The molecule has 3 aliphatic rings. The summed E-state index contributed by atoms with van der Waals surface area (Å²) < 4.78 is 0. The number of aliphatic carboxylic acids is 1.